The van der Waals surface area contributed by atoms with E-state index in [0.29, 0.717) is 21.7 Å². The number of rotatable bonds is 3. The van der Waals surface area contributed by atoms with Crippen LogP contribution in [-0.4, -0.2) is 28.5 Å². The third-order valence-corrected chi connectivity index (χ3v) is 5.55. The van der Waals surface area contributed by atoms with Crippen molar-refractivity contribution < 1.29 is 13.7 Å². The second-order valence-corrected chi connectivity index (χ2v) is 8.16. The standard InChI is InChI=1S/C22H18N2O3S/c1-27-22(25)21-15-13-17(16-23-21)12-14-18-8-6-7-11-20(18)24-28(2,26)19-9-4-3-5-10-19/h3-11,13,15-16H,1-2H3. The average Bonchev–Trinajstić information content (AvgIpc) is 2.73. The van der Waals surface area contributed by atoms with Gasteiger partial charge in [-0.15, -0.1) is 0 Å². The summed E-state index contributed by atoms with van der Waals surface area (Å²) in [5.41, 5.74) is 2.08. The number of aromatic nitrogens is 1. The normalized spacial score (nSPS) is 12.2. The minimum Gasteiger partial charge on any atom is -0.464 e. The lowest BCUT2D eigenvalue weighted by Gasteiger charge is -2.05. The van der Waals surface area contributed by atoms with Crippen molar-refractivity contribution in [3.8, 4) is 11.8 Å². The fraction of sp³-hybridized carbons (Fsp3) is 0.0909. The number of methoxy groups -OCH3 is 1. The number of esters is 1. The summed E-state index contributed by atoms with van der Waals surface area (Å²) in [6.07, 6.45) is 3.12. The minimum absolute atomic E-state index is 0.219. The van der Waals surface area contributed by atoms with Crippen LogP contribution in [0.2, 0.25) is 0 Å². The van der Waals surface area contributed by atoms with Crippen LogP contribution < -0.4 is 0 Å². The molecule has 0 aliphatic heterocycles. The van der Waals surface area contributed by atoms with Crippen LogP contribution >= 0.6 is 0 Å². The summed E-state index contributed by atoms with van der Waals surface area (Å²) in [7, 11) is -1.29. The molecule has 0 amide bonds. The molecule has 0 saturated carbocycles. The Hall–Kier alpha value is -3.43. The molecule has 1 atom stereocenters. The molecule has 0 aliphatic carbocycles. The van der Waals surface area contributed by atoms with Gasteiger partial charge in [0.05, 0.1) is 28.1 Å². The first kappa shape index (κ1) is 19.3. The van der Waals surface area contributed by atoms with Crippen molar-refractivity contribution >= 4 is 21.4 Å². The highest BCUT2D eigenvalue weighted by Crippen LogP contribution is 2.23. The van der Waals surface area contributed by atoms with E-state index < -0.39 is 15.7 Å². The molecule has 3 aromatic rings. The molecule has 0 spiro atoms. The Morgan fingerprint density at radius 3 is 2.39 bits per heavy atom. The molecule has 3 rings (SSSR count). The van der Waals surface area contributed by atoms with Gasteiger partial charge in [-0.05, 0) is 36.4 Å². The maximum absolute atomic E-state index is 13.0. The number of pyridine rings is 1. The third-order valence-electron chi connectivity index (χ3n) is 3.86. The molecular weight excluding hydrogens is 372 g/mol. The molecule has 0 N–H and O–H groups in total. The molecule has 2 aromatic carbocycles. The van der Waals surface area contributed by atoms with E-state index in [1.165, 1.54) is 13.3 Å². The molecule has 0 saturated heterocycles. The lowest BCUT2D eigenvalue weighted by molar-refractivity contribution is 0.0594. The van der Waals surface area contributed by atoms with Gasteiger partial charge in [0, 0.05) is 22.9 Å². The van der Waals surface area contributed by atoms with Crippen molar-refractivity contribution in [1.82, 2.24) is 4.98 Å². The molecule has 1 unspecified atom stereocenters. The summed E-state index contributed by atoms with van der Waals surface area (Å²) in [5, 5.41) is 0. The molecule has 140 valence electrons. The van der Waals surface area contributed by atoms with Crippen LogP contribution in [0.3, 0.4) is 0 Å². The number of carbonyl (C=O) groups excluding carboxylic acids is 1. The van der Waals surface area contributed by atoms with E-state index in [0.717, 1.165) is 0 Å². The number of benzene rings is 2. The number of nitrogens with zero attached hydrogens (tertiary/aromatic N) is 2. The van der Waals surface area contributed by atoms with E-state index >= 15 is 0 Å². The van der Waals surface area contributed by atoms with Gasteiger partial charge in [0.25, 0.3) is 0 Å². The van der Waals surface area contributed by atoms with Crippen LogP contribution in [0.15, 0.2) is 82.2 Å². The summed E-state index contributed by atoms with van der Waals surface area (Å²) in [6, 6.07) is 19.7. The fourth-order valence-corrected chi connectivity index (χ4v) is 3.71. The first-order chi connectivity index (χ1) is 13.5. The van der Waals surface area contributed by atoms with Crippen molar-refractivity contribution in [2.75, 3.05) is 13.4 Å². The van der Waals surface area contributed by atoms with Gasteiger partial charge in [0.2, 0.25) is 0 Å². The number of carbonyl (C=O) groups is 1. The summed E-state index contributed by atoms with van der Waals surface area (Å²) >= 11 is 0. The summed E-state index contributed by atoms with van der Waals surface area (Å²) in [4.78, 5) is 16.1. The van der Waals surface area contributed by atoms with Crippen molar-refractivity contribution in [1.29, 1.82) is 0 Å². The maximum Gasteiger partial charge on any atom is 0.356 e. The Labute approximate surface area is 164 Å². The van der Waals surface area contributed by atoms with Crippen LogP contribution in [0.25, 0.3) is 0 Å². The van der Waals surface area contributed by atoms with Gasteiger partial charge in [-0.25, -0.2) is 14.0 Å². The summed E-state index contributed by atoms with van der Waals surface area (Å²) < 4.78 is 22.1. The predicted octanol–water partition coefficient (Wildman–Crippen LogP) is 4.06. The van der Waals surface area contributed by atoms with Crippen LogP contribution in [0.5, 0.6) is 0 Å². The predicted molar refractivity (Wildman–Crippen MR) is 109 cm³/mol. The van der Waals surface area contributed by atoms with E-state index in [1.54, 1.807) is 36.6 Å². The lowest BCUT2D eigenvalue weighted by atomic mass is 10.1. The van der Waals surface area contributed by atoms with Gasteiger partial charge in [-0.3, -0.25) is 0 Å². The van der Waals surface area contributed by atoms with Crippen molar-refractivity contribution in [2.24, 2.45) is 4.36 Å². The van der Waals surface area contributed by atoms with Crippen molar-refractivity contribution in [3.05, 3.63) is 89.7 Å². The molecule has 1 heterocycles. The highest BCUT2D eigenvalue weighted by Gasteiger charge is 2.08. The van der Waals surface area contributed by atoms with Crippen molar-refractivity contribution in [3.63, 3.8) is 0 Å². The largest absolute Gasteiger partial charge is 0.464 e. The van der Waals surface area contributed by atoms with Crippen LogP contribution in [-0.2, 0) is 14.5 Å². The Morgan fingerprint density at radius 1 is 1.00 bits per heavy atom. The molecule has 6 heteroatoms. The summed E-state index contributed by atoms with van der Waals surface area (Å²) in [5.74, 6) is 5.54. The van der Waals surface area contributed by atoms with E-state index in [-0.39, 0.29) is 5.69 Å². The summed E-state index contributed by atoms with van der Waals surface area (Å²) in [6.45, 7) is 0. The molecule has 0 radical (unpaired) electrons. The Morgan fingerprint density at radius 2 is 1.71 bits per heavy atom. The first-order valence-electron chi connectivity index (χ1n) is 8.42. The van der Waals surface area contributed by atoms with E-state index in [1.807, 2.05) is 36.4 Å². The number of ether oxygens (including phenoxy) is 1. The lowest BCUT2D eigenvalue weighted by Crippen LogP contribution is -2.03. The number of hydrogen-bond donors (Lipinski definition) is 0. The SMILES string of the molecule is COC(=O)c1ccc(C#Cc2ccccc2N=S(C)(=O)c2ccccc2)cn1. The second kappa shape index (κ2) is 8.51. The topological polar surface area (TPSA) is 68.6 Å². The average molecular weight is 390 g/mol. The smallest absolute Gasteiger partial charge is 0.356 e. The molecule has 0 bridgehead atoms. The molecule has 0 aliphatic rings. The van der Waals surface area contributed by atoms with Gasteiger partial charge in [-0.2, -0.15) is 4.36 Å². The highest BCUT2D eigenvalue weighted by molar-refractivity contribution is 7.93. The molecule has 1 aromatic heterocycles. The molecule has 28 heavy (non-hydrogen) atoms. The Kier molecular flexibility index (Phi) is 5.87. The van der Waals surface area contributed by atoms with Crippen LogP contribution in [0.4, 0.5) is 5.69 Å². The Balaban J connectivity index is 1.94. The highest BCUT2D eigenvalue weighted by atomic mass is 32.2. The van der Waals surface area contributed by atoms with E-state index in [9.17, 15) is 9.00 Å². The van der Waals surface area contributed by atoms with E-state index in [4.69, 9.17) is 0 Å². The quantitative estimate of drug-likeness (QED) is 0.500. The zero-order chi connectivity index (χ0) is 20.0. The van der Waals surface area contributed by atoms with Gasteiger partial charge >= 0.3 is 5.97 Å². The first-order valence-corrected chi connectivity index (χ1v) is 10.3. The van der Waals surface area contributed by atoms with Crippen LogP contribution in [0, 0.1) is 11.8 Å². The fourth-order valence-electron chi connectivity index (χ4n) is 2.40. The van der Waals surface area contributed by atoms with Gasteiger partial charge < -0.3 is 4.74 Å². The maximum atomic E-state index is 13.0. The molecular formula is C22H18N2O3S. The van der Waals surface area contributed by atoms with Gasteiger partial charge in [0.1, 0.15) is 5.69 Å². The zero-order valence-corrected chi connectivity index (χ0v) is 16.3. The Bertz CT molecular complexity index is 1170. The minimum atomic E-state index is -2.59. The molecule has 5 nitrogen and oxygen atoms in total. The third kappa shape index (κ3) is 4.64. The van der Waals surface area contributed by atoms with Crippen molar-refractivity contribution in [2.45, 2.75) is 4.90 Å². The van der Waals surface area contributed by atoms with E-state index in [2.05, 4.69) is 25.9 Å². The monoisotopic (exact) mass is 390 g/mol. The van der Waals surface area contributed by atoms with Gasteiger partial charge in [-0.1, -0.05) is 42.2 Å². The van der Waals surface area contributed by atoms with Gasteiger partial charge in [0.15, 0.2) is 0 Å². The zero-order valence-electron chi connectivity index (χ0n) is 15.5. The van der Waals surface area contributed by atoms with Crippen LogP contribution in [0.1, 0.15) is 21.6 Å². The second-order valence-electron chi connectivity index (χ2n) is 5.90. The number of hydrogen-bond acceptors (Lipinski definition) is 5. The molecule has 0 fully saturated rings.